The van der Waals surface area contributed by atoms with Gasteiger partial charge in [0.1, 0.15) is 36.6 Å². The third-order valence-electron chi connectivity index (χ3n) is 5.72. The summed E-state index contributed by atoms with van der Waals surface area (Å²) >= 11 is 0. The number of hydrogen-bond donors (Lipinski definition) is 9. The van der Waals surface area contributed by atoms with Crippen LogP contribution in [0, 0.1) is 0 Å². The molecule has 2 aromatic rings. The molecule has 10 N–H and O–H groups in total. The number of phosphoric ester groups is 2. The number of nitrogens with two attached hydrogens (primary N) is 1. The summed E-state index contributed by atoms with van der Waals surface area (Å²) in [5, 5.41) is 50.0. The van der Waals surface area contributed by atoms with Gasteiger partial charge >= 0.3 is 15.6 Å². The van der Waals surface area contributed by atoms with Gasteiger partial charge in [0.05, 0.1) is 19.0 Å². The standard InChI is InChI=1S/C16H25N5O15P2/c1-4-7(22)9(24)11(26)15(33-4)35-38(30,31)36-37(28,29)32-2-5-8(23)10(25)14(34-5)21-3-18-6-12(21)19-16(17)20-13(6)27/h3-5,7-11,14-15,22-26H,2H2,1H3,(H,28,29)(H,30,31)(H3,17,19,20,27)/t4-,5-,7+,8-,9?,10-,11+,14-,15+/m1/s1. The molecule has 2 fully saturated rings. The molecule has 0 aromatic carbocycles. The van der Waals surface area contributed by atoms with Gasteiger partial charge in [-0.25, -0.2) is 14.1 Å². The Balaban J connectivity index is 1.39. The largest absolute Gasteiger partial charge is 0.483 e. The normalized spacial score (nSPS) is 37.2. The number of imidazole rings is 1. The van der Waals surface area contributed by atoms with E-state index in [1.54, 1.807) is 0 Å². The minimum atomic E-state index is -5.50. The molecule has 2 aromatic heterocycles. The third kappa shape index (κ3) is 5.83. The zero-order valence-corrected chi connectivity index (χ0v) is 21.0. The van der Waals surface area contributed by atoms with Gasteiger partial charge in [-0.15, -0.1) is 0 Å². The molecule has 0 radical (unpaired) electrons. The molecule has 4 rings (SSSR count). The van der Waals surface area contributed by atoms with Crippen LogP contribution >= 0.6 is 15.6 Å². The fraction of sp³-hybridized carbons (Fsp3) is 0.688. The SMILES string of the molecule is C[C@H]1O[C@@H](OP(=O)(O)OP(=O)(O)OC[C@H]2O[C@@H](n3cnc4c(=O)[nH]c(N)nc43)[C@H](O)[C@@H]2O)[C@@H](O)C(O)[C@H]1O. The van der Waals surface area contributed by atoms with Crippen molar-refractivity contribution in [2.24, 2.45) is 0 Å². The first-order valence-corrected chi connectivity index (χ1v) is 13.7. The van der Waals surface area contributed by atoms with Gasteiger partial charge < -0.3 is 50.5 Å². The summed E-state index contributed by atoms with van der Waals surface area (Å²) in [7, 11) is -10.9. The van der Waals surface area contributed by atoms with Crippen molar-refractivity contribution in [3.8, 4) is 0 Å². The number of nitrogen functional groups attached to an aromatic ring is 1. The zero-order valence-electron chi connectivity index (χ0n) is 19.2. The Bertz CT molecular complexity index is 1320. The van der Waals surface area contributed by atoms with E-state index in [-0.39, 0.29) is 17.1 Å². The fourth-order valence-corrected chi connectivity index (χ4v) is 5.96. The Labute approximate surface area is 211 Å². The van der Waals surface area contributed by atoms with Crippen molar-refractivity contribution in [2.45, 2.75) is 62.2 Å². The van der Waals surface area contributed by atoms with Crippen molar-refractivity contribution >= 4 is 32.8 Å². The van der Waals surface area contributed by atoms with Crippen LogP contribution in [-0.2, 0) is 32.0 Å². The highest BCUT2D eigenvalue weighted by molar-refractivity contribution is 7.61. The molecule has 2 aliphatic heterocycles. The molecule has 11 atom stereocenters. The molecule has 214 valence electrons. The molecule has 22 heteroatoms. The van der Waals surface area contributed by atoms with E-state index in [1.165, 1.54) is 6.92 Å². The van der Waals surface area contributed by atoms with Crippen molar-refractivity contribution in [1.29, 1.82) is 0 Å². The average molecular weight is 589 g/mol. The predicted molar refractivity (Wildman–Crippen MR) is 119 cm³/mol. The Kier molecular flexibility index (Phi) is 8.12. The number of aliphatic hydroxyl groups is 5. The predicted octanol–water partition coefficient (Wildman–Crippen LogP) is -3.60. The smallest absolute Gasteiger partial charge is 0.388 e. The van der Waals surface area contributed by atoms with Crippen molar-refractivity contribution in [1.82, 2.24) is 19.5 Å². The highest BCUT2D eigenvalue weighted by Gasteiger charge is 2.49. The van der Waals surface area contributed by atoms with Gasteiger partial charge in [-0.05, 0) is 6.92 Å². The number of aromatic nitrogens is 4. The van der Waals surface area contributed by atoms with Crippen LogP contribution in [0.25, 0.3) is 11.2 Å². The van der Waals surface area contributed by atoms with Crippen LogP contribution in [0.4, 0.5) is 5.95 Å². The maximum Gasteiger partial charge on any atom is 0.483 e. The lowest BCUT2D eigenvalue weighted by molar-refractivity contribution is -0.271. The van der Waals surface area contributed by atoms with E-state index in [0.717, 1.165) is 10.9 Å². The Hall–Kier alpha value is -1.87. The van der Waals surface area contributed by atoms with E-state index in [0.29, 0.717) is 0 Å². The maximum atomic E-state index is 12.3. The van der Waals surface area contributed by atoms with Crippen LogP contribution in [0.3, 0.4) is 0 Å². The van der Waals surface area contributed by atoms with Gasteiger partial charge in [0, 0.05) is 0 Å². The number of aliphatic hydroxyl groups excluding tert-OH is 5. The Morgan fingerprint density at radius 3 is 2.42 bits per heavy atom. The maximum absolute atomic E-state index is 12.3. The minimum Gasteiger partial charge on any atom is -0.388 e. The number of nitrogens with one attached hydrogen (secondary N) is 1. The Morgan fingerprint density at radius 1 is 1.05 bits per heavy atom. The molecule has 4 heterocycles. The second kappa shape index (κ2) is 10.6. The zero-order chi connectivity index (χ0) is 28.2. The van der Waals surface area contributed by atoms with Crippen molar-refractivity contribution in [2.75, 3.05) is 12.3 Å². The topological polar surface area (TPSA) is 311 Å². The average Bonchev–Trinajstić information content (AvgIpc) is 3.35. The number of anilines is 1. The monoisotopic (exact) mass is 589 g/mol. The molecule has 2 aliphatic rings. The highest BCUT2D eigenvalue weighted by atomic mass is 31.3. The van der Waals surface area contributed by atoms with Gasteiger partial charge in [0.2, 0.25) is 5.95 Å². The summed E-state index contributed by atoms with van der Waals surface area (Å²) in [6.07, 6.45) is -13.8. The summed E-state index contributed by atoms with van der Waals surface area (Å²) in [6.45, 7) is 0.291. The number of rotatable bonds is 8. The molecular weight excluding hydrogens is 564 g/mol. The van der Waals surface area contributed by atoms with Crippen molar-refractivity contribution < 1.29 is 67.3 Å². The first-order chi connectivity index (χ1) is 17.6. The summed E-state index contributed by atoms with van der Waals surface area (Å²) in [4.78, 5) is 41.7. The second-order valence-electron chi connectivity index (χ2n) is 8.42. The number of hydrogen-bond acceptors (Lipinski definition) is 16. The molecule has 2 saturated heterocycles. The number of fused-ring (bicyclic) bond motifs is 1. The van der Waals surface area contributed by atoms with Crippen LogP contribution < -0.4 is 11.3 Å². The number of H-pyrrole nitrogens is 1. The lowest BCUT2D eigenvalue weighted by atomic mass is 10.0. The lowest BCUT2D eigenvalue weighted by Crippen LogP contribution is -2.57. The summed E-state index contributed by atoms with van der Waals surface area (Å²) in [5.41, 5.74) is 4.59. The van der Waals surface area contributed by atoms with Crippen molar-refractivity contribution in [3.63, 3.8) is 0 Å². The Morgan fingerprint density at radius 2 is 1.74 bits per heavy atom. The van der Waals surface area contributed by atoms with Gasteiger partial charge in [-0.3, -0.25) is 23.4 Å². The van der Waals surface area contributed by atoms with Crippen molar-refractivity contribution in [3.05, 3.63) is 16.7 Å². The minimum absolute atomic E-state index is 0.0994. The molecule has 0 bridgehead atoms. The van der Waals surface area contributed by atoms with Crippen LogP contribution in [-0.4, -0.2) is 110 Å². The molecule has 0 aliphatic carbocycles. The first-order valence-electron chi connectivity index (χ1n) is 10.7. The molecule has 0 amide bonds. The quantitative estimate of drug-likeness (QED) is 0.134. The molecule has 20 nitrogen and oxygen atoms in total. The van der Waals surface area contributed by atoms with Gasteiger partial charge in [-0.1, -0.05) is 0 Å². The fourth-order valence-electron chi connectivity index (χ4n) is 3.80. The highest BCUT2D eigenvalue weighted by Crippen LogP contribution is 2.61. The van der Waals surface area contributed by atoms with E-state index in [2.05, 4.69) is 28.3 Å². The van der Waals surface area contributed by atoms with E-state index in [9.17, 15) is 49.2 Å². The van der Waals surface area contributed by atoms with Crippen LogP contribution in [0.5, 0.6) is 0 Å². The first kappa shape index (κ1) is 29.1. The third-order valence-corrected chi connectivity index (χ3v) is 8.32. The van der Waals surface area contributed by atoms with Crippen LogP contribution in [0.2, 0.25) is 0 Å². The number of phosphoric acid groups is 2. The van der Waals surface area contributed by atoms with Gasteiger partial charge in [0.25, 0.3) is 5.56 Å². The van der Waals surface area contributed by atoms with Crippen LogP contribution in [0.1, 0.15) is 13.2 Å². The van der Waals surface area contributed by atoms with Crippen LogP contribution in [0.15, 0.2) is 11.1 Å². The number of ether oxygens (including phenoxy) is 2. The molecule has 0 saturated carbocycles. The molecule has 0 spiro atoms. The van der Waals surface area contributed by atoms with E-state index in [4.69, 9.17) is 15.2 Å². The second-order valence-corrected chi connectivity index (χ2v) is 11.4. The summed E-state index contributed by atoms with van der Waals surface area (Å²) in [5.74, 6) is -0.266. The number of aromatic amines is 1. The summed E-state index contributed by atoms with van der Waals surface area (Å²) in [6, 6.07) is 0. The van der Waals surface area contributed by atoms with Gasteiger partial charge in [-0.2, -0.15) is 9.29 Å². The molecular formula is C16H25N5O15P2. The van der Waals surface area contributed by atoms with E-state index in [1.807, 2.05) is 0 Å². The van der Waals surface area contributed by atoms with E-state index < -0.39 is 83.1 Å². The molecule has 3 unspecified atom stereocenters. The van der Waals surface area contributed by atoms with Gasteiger partial charge in [0.15, 0.2) is 23.7 Å². The van der Waals surface area contributed by atoms with E-state index >= 15 is 0 Å². The summed E-state index contributed by atoms with van der Waals surface area (Å²) < 4.78 is 49.3. The number of nitrogens with zero attached hydrogens (tertiary/aromatic N) is 3. The lowest BCUT2D eigenvalue weighted by Gasteiger charge is -2.38. The molecule has 38 heavy (non-hydrogen) atoms.